The van der Waals surface area contributed by atoms with Crippen LogP contribution in [0.15, 0.2) is 21.1 Å². The number of carbonyl (C=O) groups excluding carboxylic acids is 3. The Hall–Kier alpha value is -3.43. The lowest BCUT2D eigenvalue weighted by molar-refractivity contribution is -0.180. The summed E-state index contributed by atoms with van der Waals surface area (Å²) in [6.45, 7) is 19.9. The molecule has 0 amide bonds. The van der Waals surface area contributed by atoms with Crippen molar-refractivity contribution >= 4 is 68.8 Å². The third-order valence-corrected chi connectivity index (χ3v) is 6.35. The number of thiazole rings is 2. The van der Waals surface area contributed by atoms with Crippen LogP contribution in [0.25, 0.3) is 0 Å². The molecule has 0 aliphatic heterocycles. The second kappa shape index (κ2) is 15.0. The fourth-order valence-electron chi connectivity index (χ4n) is 2.52. The number of nitrogens with zero attached hydrogens (tertiary/aromatic N) is 4. The van der Waals surface area contributed by atoms with Crippen LogP contribution in [-0.4, -0.2) is 72.1 Å². The maximum Gasteiger partial charge on any atom is 0.360 e. The normalized spacial score (nSPS) is 12.9. The SMILES string of the molecule is Cc1nc(/C(=N/OC(C)(C)C(=O)OC(C)(C)C)C(=O)Cl)cs1.Cc1nc(/C(=N/OC(C)(C)C(=O)OC(C)(C)C)C(=O)O)cs1. The minimum Gasteiger partial charge on any atom is -0.476 e. The fourth-order valence-corrected chi connectivity index (χ4v) is 3.85. The quantitative estimate of drug-likeness (QED) is 0.147. The molecule has 0 radical (unpaired) electrons. The Morgan fingerprint density at radius 2 is 1.05 bits per heavy atom. The molecule has 0 aromatic carbocycles. The average molecular weight is 675 g/mol. The number of aryl methyl sites for hydroxylation is 2. The van der Waals surface area contributed by atoms with E-state index in [1.807, 2.05) is 0 Å². The molecule has 0 aliphatic rings. The summed E-state index contributed by atoms with van der Waals surface area (Å²) >= 11 is 8.14. The van der Waals surface area contributed by atoms with E-state index in [2.05, 4.69) is 20.3 Å². The zero-order valence-electron chi connectivity index (χ0n) is 26.9. The summed E-state index contributed by atoms with van der Waals surface area (Å²) in [7, 11) is 0. The van der Waals surface area contributed by atoms with Gasteiger partial charge in [0.15, 0.2) is 5.71 Å². The lowest BCUT2D eigenvalue weighted by Gasteiger charge is -2.26. The van der Waals surface area contributed by atoms with Crippen molar-refractivity contribution in [1.29, 1.82) is 0 Å². The number of carbonyl (C=O) groups is 4. The lowest BCUT2D eigenvalue weighted by atomic mass is 10.1. The Balaban J connectivity index is 0.000000440. The van der Waals surface area contributed by atoms with Crippen molar-refractivity contribution in [2.75, 3.05) is 0 Å². The molecule has 16 heteroatoms. The van der Waals surface area contributed by atoms with Crippen molar-refractivity contribution < 1.29 is 43.4 Å². The highest BCUT2D eigenvalue weighted by Gasteiger charge is 2.37. The van der Waals surface area contributed by atoms with Crippen molar-refractivity contribution in [1.82, 2.24) is 9.97 Å². The van der Waals surface area contributed by atoms with Gasteiger partial charge in [0.2, 0.25) is 16.9 Å². The van der Waals surface area contributed by atoms with Gasteiger partial charge in [-0.1, -0.05) is 10.3 Å². The molecule has 0 atom stereocenters. The number of carboxylic acids is 1. The van der Waals surface area contributed by atoms with Gasteiger partial charge in [0, 0.05) is 10.8 Å². The second-order valence-corrected chi connectivity index (χ2v) is 14.6. The van der Waals surface area contributed by atoms with Gasteiger partial charge in [-0.25, -0.2) is 24.4 Å². The van der Waals surface area contributed by atoms with Crippen LogP contribution in [0.2, 0.25) is 0 Å². The summed E-state index contributed by atoms with van der Waals surface area (Å²) in [4.78, 5) is 65.3. The van der Waals surface area contributed by atoms with E-state index in [1.54, 1.807) is 66.2 Å². The minimum absolute atomic E-state index is 0.150. The molecule has 2 aromatic heterocycles. The van der Waals surface area contributed by atoms with Crippen LogP contribution in [0, 0.1) is 13.8 Å². The maximum atomic E-state index is 12.1. The summed E-state index contributed by atoms with van der Waals surface area (Å²) in [6, 6.07) is 0. The van der Waals surface area contributed by atoms with Crippen molar-refractivity contribution in [3.8, 4) is 0 Å². The Morgan fingerprint density at radius 1 is 0.705 bits per heavy atom. The Bertz CT molecular complexity index is 1310. The van der Waals surface area contributed by atoms with E-state index in [1.165, 1.54) is 50.4 Å². The number of rotatable bonds is 10. The molecule has 0 saturated heterocycles. The van der Waals surface area contributed by atoms with E-state index in [9.17, 15) is 24.3 Å². The van der Waals surface area contributed by atoms with E-state index in [-0.39, 0.29) is 17.1 Å². The highest BCUT2D eigenvalue weighted by atomic mass is 35.5. The first-order valence-corrected chi connectivity index (χ1v) is 15.3. The molecule has 0 fully saturated rings. The zero-order valence-corrected chi connectivity index (χ0v) is 29.2. The molecule has 0 spiro atoms. The Labute approximate surface area is 269 Å². The number of esters is 2. The van der Waals surface area contributed by atoms with Gasteiger partial charge in [-0.3, -0.25) is 4.79 Å². The zero-order chi connectivity index (χ0) is 34.3. The summed E-state index contributed by atoms with van der Waals surface area (Å²) in [6.07, 6.45) is 0. The Morgan fingerprint density at radius 3 is 1.32 bits per heavy atom. The molecule has 13 nitrogen and oxygen atoms in total. The maximum absolute atomic E-state index is 12.1. The molecule has 44 heavy (non-hydrogen) atoms. The van der Waals surface area contributed by atoms with Crippen LogP contribution in [0.4, 0.5) is 0 Å². The highest BCUT2D eigenvalue weighted by Crippen LogP contribution is 2.20. The summed E-state index contributed by atoms with van der Waals surface area (Å²) in [5, 5.41) is 20.3. The van der Waals surface area contributed by atoms with Gasteiger partial charge >= 0.3 is 17.9 Å². The smallest absolute Gasteiger partial charge is 0.360 e. The predicted molar refractivity (Wildman–Crippen MR) is 167 cm³/mol. The van der Waals surface area contributed by atoms with Gasteiger partial charge in [-0.15, -0.1) is 22.7 Å². The van der Waals surface area contributed by atoms with Crippen LogP contribution in [0.3, 0.4) is 0 Å². The van der Waals surface area contributed by atoms with E-state index >= 15 is 0 Å². The molecule has 2 rings (SSSR count). The summed E-state index contributed by atoms with van der Waals surface area (Å²) in [5.74, 6) is -2.52. The number of hydrogen-bond donors (Lipinski definition) is 1. The van der Waals surface area contributed by atoms with Gasteiger partial charge in [-0.2, -0.15) is 0 Å². The number of carboxylic acid groups (broad SMARTS) is 1. The Kier molecular flexibility index (Phi) is 13.2. The van der Waals surface area contributed by atoms with E-state index in [0.717, 1.165) is 5.01 Å². The molecular formula is C28H39ClN4O9S2. The first-order valence-electron chi connectivity index (χ1n) is 13.1. The molecule has 1 N–H and O–H groups in total. The first-order chi connectivity index (χ1) is 19.8. The topological polar surface area (TPSA) is 176 Å². The third kappa shape index (κ3) is 13.1. The average Bonchev–Trinajstić information content (AvgIpc) is 3.45. The van der Waals surface area contributed by atoms with Gasteiger partial charge in [0.25, 0.3) is 5.24 Å². The largest absolute Gasteiger partial charge is 0.476 e. The number of halogens is 1. The number of ether oxygens (including phenoxy) is 2. The van der Waals surface area contributed by atoms with Gasteiger partial charge in [0.05, 0.1) is 10.0 Å². The van der Waals surface area contributed by atoms with Gasteiger partial charge in [-0.05, 0) is 94.7 Å². The predicted octanol–water partition coefficient (Wildman–Crippen LogP) is 5.44. The summed E-state index contributed by atoms with van der Waals surface area (Å²) in [5.41, 5.74) is -4.13. The number of aliphatic carboxylic acids is 1. The number of aromatic nitrogens is 2. The van der Waals surface area contributed by atoms with Crippen molar-refractivity contribution in [2.45, 2.75) is 105 Å². The molecular weight excluding hydrogens is 636 g/mol. The van der Waals surface area contributed by atoms with Crippen molar-refractivity contribution in [3.05, 3.63) is 32.2 Å². The minimum atomic E-state index is -1.42. The third-order valence-electron chi connectivity index (χ3n) is 4.62. The van der Waals surface area contributed by atoms with Crippen LogP contribution in [-0.2, 0) is 38.3 Å². The van der Waals surface area contributed by atoms with E-state index < -0.39 is 45.6 Å². The number of oxime groups is 2. The molecule has 0 saturated carbocycles. The highest BCUT2D eigenvalue weighted by molar-refractivity contribution is 7.10. The number of hydrogen-bond acceptors (Lipinski definition) is 14. The molecule has 0 unspecified atom stereocenters. The lowest BCUT2D eigenvalue weighted by Crippen LogP contribution is -2.40. The standard InChI is InChI=1S/C14H19ClN2O4S.C14H20N2O5S/c1-8-16-9(7-22-8)10(11(15)18)17-21-14(5,6)12(19)20-13(2,3)4;1-8-15-9(7-22-8)10(11(17)18)16-21-14(5,6)12(19)20-13(2,3)4/h7H,1-6H3;7H,1-6H3,(H,17,18)/b17-10-;16-10-. The van der Waals surface area contributed by atoms with Crippen LogP contribution >= 0.6 is 34.3 Å². The molecule has 2 heterocycles. The van der Waals surface area contributed by atoms with Crippen LogP contribution in [0.5, 0.6) is 0 Å². The molecule has 0 bridgehead atoms. The van der Waals surface area contributed by atoms with Crippen LogP contribution < -0.4 is 0 Å². The van der Waals surface area contributed by atoms with Crippen molar-refractivity contribution in [2.24, 2.45) is 10.3 Å². The molecule has 2 aromatic rings. The van der Waals surface area contributed by atoms with E-state index in [0.29, 0.717) is 10.7 Å². The molecule has 244 valence electrons. The van der Waals surface area contributed by atoms with Crippen LogP contribution in [0.1, 0.15) is 90.6 Å². The summed E-state index contributed by atoms with van der Waals surface area (Å²) < 4.78 is 10.5. The van der Waals surface area contributed by atoms with Gasteiger partial charge in [0.1, 0.15) is 22.6 Å². The van der Waals surface area contributed by atoms with E-state index in [4.69, 9.17) is 30.7 Å². The second-order valence-electron chi connectivity index (χ2n) is 12.2. The van der Waals surface area contributed by atoms with Crippen molar-refractivity contribution in [3.63, 3.8) is 0 Å². The monoisotopic (exact) mass is 674 g/mol. The fraction of sp³-hybridized carbons (Fsp3) is 0.571. The first kappa shape index (κ1) is 38.6. The van der Waals surface area contributed by atoms with Gasteiger partial charge < -0.3 is 24.3 Å². The molecule has 0 aliphatic carbocycles.